The van der Waals surface area contributed by atoms with Crippen molar-refractivity contribution >= 4 is 16.9 Å². The Hall–Kier alpha value is -1.54. The van der Waals surface area contributed by atoms with E-state index in [4.69, 9.17) is 5.26 Å². The average Bonchev–Trinajstić information content (AvgIpc) is 2.29. The summed E-state index contributed by atoms with van der Waals surface area (Å²) in [7, 11) is 0. The van der Waals surface area contributed by atoms with Gasteiger partial charge in [-0.25, -0.2) is 0 Å². The molecule has 0 spiro atoms. The number of amidine groups is 1. The summed E-state index contributed by atoms with van der Waals surface area (Å²) >= 11 is 1.43. The SMILES string of the molecule is CSC(=NCCc1ccccn1)NC#N. The largest absolute Gasteiger partial charge is 0.272 e. The van der Waals surface area contributed by atoms with E-state index in [1.54, 1.807) is 6.20 Å². The number of nitriles is 1. The van der Waals surface area contributed by atoms with Crippen LogP contribution in [0.25, 0.3) is 0 Å². The van der Waals surface area contributed by atoms with Crippen LogP contribution < -0.4 is 5.32 Å². The quantitative estimate of drug-likeness (QED) is 0.362. The second-order valence-electron chi connectivity index (χ2n) is 2.70. The van der Waals surface area contributed by atoms with Gasteiger partial charge in [-0.3, -0.25) is 15.3 Å². The van der Waals surface area contributed by atoms with Gasteiger partial charge in [-0.1, -0.05) is 17.8 Å². The van der Waals surface area contributed by atoms with Gasteiger partial charge >= 0.3 is 0 Å². The lowest BCUT2D eigenvalue weighted by molar-refractivity contribution is 0.921. The Kier molecular flexibility index (Phi) is 5.26. The van der Waals surface area contributed by atoms with Gasteiger partial charge in [0.25, 0.3) is 0 Å². The van der Waals surface area contributed by atoms with Gasteiger partial charge in [-0.15, -0.1) is 0 Å². The molecule has 0 fully saturated rings. The van der Waals surface area contributed by atoms with Crippen LogP contribution in [0, 0.1) is 11.5 Å². The fraction of sp³-hybridized carbons (Fsp3) is 0.300. The molecule has 0 saturated carbocycles. The van der Waals surface area contributed by atoms with Crippen molar-refractivity contribution in [1.29, 1.82) is 5.26 Å². The zero-order chi connectivity index (χ0) is 10.9. The molecule has 0 radical (unpaired) electrons. The molecule has 1 heterocycles. The van der Waals surface area contributed by atoms with Crippen LogP contribution in [0.3, 0.4) is 0 Å². The van der Waals surface area contributed by atoms with Crippen molar-refractivity contribution in [2.75, 3.05) is 12.8 Å². The number of nitrogens with one attached hydrogen (secondary N) is 1. The third-order valence-corrected chi connectivity index (χ3v) is 2.32. The van der Waals surface area contributed by atoms with Crippen LogP contribution in [0.2, 0.25) is 0 Å². The number of aromatic nitrogens is 1. The van der Waals surface area contributed by atoms with E-state index in [1.807, 2.05) is 30.6 Å². The number of rotatable bonds is 3. The van der Waals surface area contributed by atoms with Crippen molar-refractivity contribution in [2.24, 2.45) is 4.99 Å². The molecular formula is C10H12N4S. The summed E-state index contributed by atoms with van der Waals surface area (Å²) < 4.78 is 0. The summed E-state index contributed by atoms with van der Waals surface area (Å²) in [5.41, 5.74) is 1.01. The maximum absolute atomic E-state index is 8.42. The highest BCUT2D eigenvalue weighted by atomic mass is 32.2. The van der Waals surface area contributed by atoms with Gasteiger partial charge in [0.05, 0.1) is 0 Å². The van der Waals surface area contributed by atoms with Gasteiger partial charge in [0.2, 0.25) is 0 Å². The lowest BCUT2D eigenvalue weighted by atomic mass is 10.3. The molecule has 0 amide bonds. The number of nitrogens with zero attached hydrogens (tertiary/aromatic N) is 3. The summed E-state index contributed by atoms with van der Waals surface area (Å²) in [5.74, 6) is 0. The standard InChI is InChI=1S/C10H12N4S/c1-15-10(14-8-11)13-7-5-9-4-2-3-6-12-9/h2-4,6H,5,7H2,1H3,(H,13,14). The minimum Gasteiger partial charge on any atom is -0.272 e. The van der Waals surface area contributed by atoms with Gasteiger partial charge in [-0.05, 0) is 18.4 Å². The second-order valence-corrected chi connectivity index (χ2v) is 3.49. The molecule has 1 N–H and O–H groups in total. The molecule has 5 heteroatoms. The summed E-state index contributed by atoms with van der Waals surface area (Å²) in [6.07, 6.45) is 6.28. The Bertz CT molecular complexity index is 355. The molecule has 78 valence electrons. The Morgan fingerprint density at radius 2 is 2.53 bits per heavy atom. The average molecular weight is 220 g/mol. The molecule has 0 unspecified atom stereocenters. The number of hydrogen-bond acceptors (Lipinski definition) is 4. The lowest BCUT2D eigenvalue weighted by Gasteiger charge is -1.99. The van der Waals surface area contributed by atoms with Crippen LogP contribution >= 0.6 is 11.8 Å². The molecule has 0 aliphatic heterocycles. The predicted molar refractivity (Wildman–Crippen MR) is 62.5 cm³/mol. The van der Waals surface area contributed by atoms with Gasteiger partial charge in [-0.2, -0.15) is 5.26 Å². The van der Waals surface area contributed by atoms with Gasteiger partial charge in [0.15, 0.2) is 11.4 Å². The van der Waals surface area contributed by atoms with E-state index in [2.05, 4.69) is 15.3 Å². The third kappa shape index (κ3) is 4.47. The molecule has 1 rings (SSSR count). The number of aliphatic imine (C=N–C) groups is 1. The number of hydrogen-bond donors (Lipinski definition) is 1. The molecule has 0 atom stereocenters. The first-order chi connectivity index (χ1) is 7.36. The van der Waals surface area contributed by atoms with Crippen molar-refractivity contribution in [2.45, 2.75) is 6.42 Å². The maximum Gasteiger partial charge on any atom is 0.183 e. The zero-order valence-electron chi connectivity index (χ0n) is 8.47. The molecule has 0 saturated heterocycles. The highest BCUT2D eigenvalue weighted by Gasteiger charge is 1.95. The minimum absolute atomic E-state index is 0.641. The Labute approximate surface area is 93.4 Å². The monoisotopic (exact) mass is 220 g/mol. The molecule has 1 aromatic heterocycles. The molecule has 0 aliphatic rings. The fourth-order valence-corrected chi connectivity index (χ4v) is 1.39. The van der Waals surface area contributed by atoms with Crippen molar-refractivity contribution in [3.63, 3.8) is 0 Å². The highest BCUT2D eigenvalue weighted by Crippen LogP contribution is 1.98. The number of thioether (sulfide) groups is 1. The first kappa shape index (κ1) is 11.5. The fourth-order valence-electron chi connectivity index (χ4n) is 1.02. The van der Waals surface area contributed by atoms with Crippen LogP contribution in [0.15, 0.2) is 29.4 Å². The maximum atomic E-state index is 8.42. The first-order valence-corrected chi connectivity index (χ1v) is 5.72. The second kappa shape index (κ2) is 6.85. The molecular weight excluding hydrogens is 208 g/mol. The summed E-state index contributed by atoms with van der Waals surface area (Å²) in [4.78, 5) is 8.42. The summed E-state index contributed by atoms with van der Waals surface area (Å²) in [6.45, 7) is 0.641. The van der Waals surface area contributed by atoms with Crippen molar-refractivity contribution in [1.82, 2.24) is 10.3 Å². The molecule has 1 aromatic rings. The van der Waals surface area contributed by atoms with Crippen molar-refractivity contribution in [3.05, 3.63) is 30.1 Å². The molecule has 0 aliphatic carbocycles. The third-order valence-electron chi connectivity index (χ3n) is 1.71. The lowest BCUT2D eigenvalue weighted by Crippen LogP contribution is -2.14. The van der Waals surface area contributed by atoms with E-state index in [9.17, 15) is 0 Å². The minimum atomic E-state index is 0.641. The van der Waals surface area contributed by atoms with Crippen LogP contribution in [0.1, 0.15) is 5.69 Å². The summed E-state index contributed by atoms with van der Waals surface area (Å²) in [5, 5.41) is 11.6. The van der Waals surface area contributed by atoms with Crippen molar-refractivity contribution < 1.29 is 0 Å². The Morgan fingerprint density at radius 1 is 1.67 bits per heavy atom. The molecule has 15 heavy (non-hydrogen) atoms. The zero-order valence-corrected chi connectivity index (χ0v) is 9.29. The van der Waals surface area contributed by atoms with Crippen LogP contribution in [-0.2, 0) is 6.42 Å². The van der Waals surface area contributed by atoms with Gasteiger partial charge in [0.1, 0.15) is 0 Å². The van der Waals surface area contributed by atoms with Gasteiger partial charge in [0, 0.05) is 24.9 Å². The van der Waals surface area contributed by atoms with Crippen LogP contribution in [-0.4, -0.2) is 23.0 Å². The smallest absolute Gasteiger partial charge is 0.183 e. The van der Waals surface area contributed by atoms with E-state index in [1.165, 1.54) is 11.8 Å². The Morgan fingerprint density at radius 3 is 3.13 bits per heavy atom. The van der Waals surface area contributed by atoms with Crippen molar-refractivity contribution in [3.8, 4) is 6.19 Å². The highest BCUT2D eigenvalue weighted by molar-refractivity contribution is 8.13. The summed E-state index contributed by atoms with van der Waals surface area (Å²) in [6, 6.07) is 5.80. The van der Waals surface area contributed by atoms with Gasteiger partial charge < -0.3 is 0 Å². The number of pyridine rings is 1. The van der Waals surface area contributed by atoms with Crippen LogP contribution in [0.5, 0.6) is 0 Å². The van der Waals surface area contributed by atoms with E-state index < -0.39 is 0 Å². The van der Waals surface area contributed by atoms with Crippen LogP contribution in [0.4, 0.5) is 0 Å². The molecule has 0 bridgehead atoms. The normalized spacial score (nSPS) is 10.8. The first-order valence-electron chi connectivity index (χ1n) is 4.50. The molecule has 0 aromatic carbocycles. The van der Waals surface area contributed by atoms with E-state index >= 15 is 0 Å². The topological polar surface area (TPSA) is 61.1 Å². The van der Waals surface area contributed by atoms with E-state index in [0.29, 0.717) is 11.7 Å². The Balaban J connectivity index is 2.41. The van der Waals surface area contributed by atoms with E-state index in [-0.39, 0.29) is 0 Å². The predicted octanol–water partition coefficient (Wildman–Crippen LogP) is 1.41. The molecule has 4 nitrogen and oxygen atoms in total. The van der Waals surface area contributed by atoms with E-state index in [0.717, 1.165) is 12.1 Å².